The summed E-state index contributed by atoms with van der Waals surface area (Å²) in [4.78, 5) is 30.7. The third-order valence-corrected chi connectivity index (χ3v) is 8.33. The largest absolute Gasteiger partial charge is 0.573 e. The van der Waals surface area contributed by atoms with E-state index in [1.807, 2.05) is 68.6 Å². The van der Waals surface area contributed by atoms with Crippen LogP contribution in [0.4, 0.5) is 18.9 Å². The fourth-order valence-corrected chi connectivity index (χ4v) is 5.72. The molecule has 264 valence electrons. The zero-order valence-electron chi connectivity index (χ0n) is 28.0. The summed E-state index contributed by atoms with van der Waals surface area (Å²) >= 11 is 0. The molecule has 2 N–H and O–H groups in total. The van der Waals surface area contributed by atoms with E-state index in [0.717, 1.165) is 29.2 Å². The van der Waals surface area contributed by atoms with Crippen LogP contribution in [0, 0.1) is 5.92 Å². The Hall–Kier alpha value is -5.07. The first-order valence-electron chi connectivity index (χ1n) is 16.2. The Kier molecular flexibility index (Phi) is 11.7. The lowest BCUT2D eigenvalue weighted by molar-refractivity contribution is -0.274. The van der Waals surface area contributed by atoms with Gasteiger partial charge in [0, 0.05) is 25.6 Å². The third-order valence-electron chi connectivity index (χ3n) is 8.33. The Labute approximate surface area is 289 Å². The van der Waals surface area contributed by atoms with Crippen molar-refractivity contribution in [3.63, 3.8) is 0 Å². The molecule has 0 aliphatic carbocycles. The fourth-order valence-electron chi connectivity index (χ4n) is 5.72. The number of likely N-dealkylation sites (N-methyl/N-ethyl adjacent to an activating group) is 1. The van der Waals surface area contributed by atoms with E-state index in [1.54, 1.807) is 30.0 Å². The smallest absolute Gasteiger partial charge is 0.486 e. The van der Waals surface area contributed by atoms with Crippen LogP contribution >= 0.6 is 0 Å². The maximum Gasteiger partial charge on any atom is 0.573 e. The Balaban J connectivity index is 1.32. The second kappa shape index (κ2) is 16.1. The number of hydrogen-bond donors (Lipinski definition) is 2. The number of carbonyl (C=O) groups is 2. The van der Waals surface area contributed by atoms with Gasteiger partial charge in [0.25, 0.3) is 5.91 Å². The number of anilines is 1. The van der Waals surface area contributed by atoms with Gasteiger partial charge in [0.05, 0.1) is 30.3 Å². The third kappa shape index (κ3) is 9.76. The first-order chi connectivity index (χ1) is 23.9. The molecule has 9 nitrogen and oxygen atoms in total. The van der Waals surface area contributed by atoms with Crippen molar-refractivity contribution in [3.05, 3.63) is 114 Å². The van der Waals surface area contributed by atoms with Gasteiger partial charge in [-0.1, -0.05) is 55.5 Å². The van der Waals surface area contributed by atoms with Crippen LogP contribution < -0.4 is 19.5 Å². The second-order valence-corrected chi connectivity index (χ2v) is 12.5. The van der Waals surface area contributed by atoms with E-state index in [4.69, 9.17) is 9.47 Å². The van der Waals surface area contributed by atoms with E-state index in [1.165, 1.54) is 12.1 Å². The zero-order valence-corrected chi connectivity index (χ0v) is 28.0. The zero-order chi connectivity index (χ0) is 35.8. The summed E-state index contributed by atoms with van der Waals surface area (Å²) < 4.78 is 54.1. The standard InChI is InChI=1S/C38H40F3N3O6/c1-25-21-44(26(2)24-45)37(47)32-10-7-11-33(42-35(46)20-27-12-18-31(19-13-27)50-38(39,40)41)36(32)49-34(25)23-43(3)22-28-14-16-30(17-15-28)48-29-8-5-4-6-9-29/h4-19,25-26,34,45H,20-24H2,1-3H3,(H,42,46)/t25-,26+,34-/m1/s1. The molecule has 1 heterocycles. The summed E-state index contributed by atoms with van der Waals surface area (Å²) in [5.41, 5.74) is 2.04. The van der Waals surface area contributed by atoms with Crippen LogP contribution in [0.2, 0.25) is 0 Å². The average Bonchev–Trinajstić information content (AvgIpc) is 3.08. The predicted molar refractivity (Wildman–Crippen MR) is 182 cm³/mol. The van der Waals surface area contributed by atoms with Crippen molar-refractivity contribution in [2.24, 2.45) is 5.92 Å². The molecule has 0 spiro atoms. The number of benzene rings is 4. The number of alkyl halides is 3. The number of rotatable bonds is 12. The number of halogens is 3. The van der Waals surface area contributed by atoms with Crippen molar-refractivity contribution in [1.29, 1.82) is 0 Å². The number of nitrogens with one attached hydrogen (secondary N) is 1. The van der Waals surface area contributed by atoms with Crippen LogP contribution in [0.15, 0.2) is 97.1 Å². The van der Waals surface area contributed by atoms with Gasteiger partial charge in [-0.15, -0.1) is 13.2 Å². The van der Waals surface area contributed by atoms with Gasteiger partial charge in [-0.3, -0.25) is 14.5 Å². The first kappa shape index (κ1) is 36.2. The van der Waals surface area contributed by atoms with Gasteiger partial charge in [-0.2, -0.15) is 0 Å². The molecular formula is C38H40F3N3O6. The molecule has 0 aromatic heterocycles. The van der Waals surface area contributed by atoms with Crippen LogP contribution in [0.25, 0.3) is 0 Å². The first-order valence-corrected chi connectivity index (χ1v) is 16.2. The molecular weight excluding hydrogens is 651 g/mol. The Morgan fingerprint density at radius 3 is 2.26 bits per heavy atom. The van der Waals surface area contributed by atoms with Crippen molar-refractivity contribution in [2.75, 3.05) is 32.1 Å². The summed E-state index contributed by atoms with van der Waals surface area (Å²) in [6.07, 6.45) is -5.38. The molecule has 50 heavy (non-hydrogen) atoms. The normalized spacial score (nSPS) is 16.9. The van der Waals surface area contributed by atoms with E-state index >= 15 is 0 Å². The number of amides is 2. The minimum Gasteiger partial charge on any atom is -0.486 e. The molecule has 5 rings (SSSR count). The SMILES string of the molecule is C[C@@H]1CN([C@@H](C)CO)C(=O)c2cccc(NC(=O)Cc3ccc(OC(F)(F)F)cc3)c2O[C@@H]1CN(C)Cc1ccc(Oc2ccccc2)cc1. The molecule has 0 saturated carbocycles. The number of aliphatic hydroxyl groups excluding tert-OH is 1. The van der Waals surface area contributed by atoms with E-state index < -0.39 is 24.4 Å². The molecule has 1 aliphatic rings. The van der Waals surface area contributed by atoms with E-state index in [-0.39, 0.29) is 47.6 Å². The number of hydrogen-bond acceptors (Lipinski definition) is 7. The van der Waals surface area contributed by atoms with Gasteiger partial charge >= 0.3 is 6.36 Å². The topological polar surface area (TPSA) is 101 Å². The highest BCUT2D eigenvalue weighted by Crippen LogP contribution is 2.35. The molecule has 0 radical (unpaired) electrons. The fraction of sp³-hybridized carbons (Fsp3) is 0.316. The number of carbonyl (C=O) groups excluding carboxylic acids is 2. The molecule has 3 atom stereocenters. The van der Waals surface area contributed by atoms with Gasteiger partial charge < -0.3 is 29.5 Å². The molecule has 4 aromatic carbocycles. The molecule has 0 bridgehead atoms. The van der Waals surface area contributed by atoms with Crippen molar-refractivity contribution in [2.45, 2.75) is 45.3 Å². The Morgan fingerprint density at radius 1 is 0.960 bits per heavy atom. The summed E-state index contributed by atoms with van der Waals surface area (Å²) in [5, 5.41) is 12.8. The van der Waals surface area contributed by atoms with Crippen LogP contribution in [-0.2, 0) is 17.8 Å². The van der Waals surface area contributed by atoms with Crippen molar-refractivity contribution >= 4 is 17.5 Å². The van der Waals surface area contributed by atoms with Crippen LogP contribution in [0.1, 0.15) is 35.3 Å². The molecule has 1 aliphatic heterocycles. The predicted octanol–water partition coefficient (Wildman–Crippen LogP) is 6.91. The van der Waals surface area contributed by atoms with E-state index in [9.17, 15) is 27.9 Å². The highest BCUT2D eigenvalue weighted by Gasteiger charge is 2.35. The summed E-state index contributed by atoms with van der Waals surface area (Å²) in [6.45, 7) is 4.95. The number of nitrogens with zero attached hydrogens (tertiary/aromatic N) is 2. The number of ether oxygens (including phenoxy) is 3. The van der Waals surface area contributed by atoms with Gasteiger partial charge in [0.1, 0.15) is 23.4 Å². The minimum absolute atomic E-state index is 0.144. The van der Waals surface area contributed by atoms with Crippen LogP contribution in [0.3, 0.4) is 0 Å². The van der Waals surface area contributed by atoms with Gasteiger partial charge in [-0.25, -0.2) is 0 Å². The number of fused-ring (bicyclic) bond motifs is 1. The number of aliphatic hydroxyl groups is 1. The maximum atomic E-state index is 13.8. The van der Waals surface area contributed by atoms with Crippen molar-refractivity contribution in [1.82, 2.24) is 9.80 Å². The van der Waals surface area contributed by atoms with Crippen molar-refractivity contribution in [3.8, 4) is 23.0 Å². The second-order valence-electron chi connectivity index (χ2n) is 12.5. The lowest BCUT2D eigenvalue weighted by atomic mass is 9.98. The number of para-hydroxylation sites is 2. The monoisotopic (exact) mass is 691 g/mol. The summed E-state index contributed by atoms with van der Waals surface area (Å²) in [7, 11) is 1.97. The van der Waals surface area contributed by atoms with Crippen LogP contribution in [0.5, 0.6) is 23.0 Å². The molecule has 0 unspecified atom stereocenters. The molecule has 12 heteroatoms. The Bertz CT molecular complexity index is 1740. The highest BCUT2D eigenvalue weighted by atomic mass is 19.4. The van der Waals surface area contributed by atoms with Crippen LogP contribution in [-0.4, -0.2) is 72.0 Å². The van der Waals surface area contributed by atoms with Crippen molar-refractivity contribution < 1.29 is 42.1 Å². The average molecular weight is 692 g/mol. The summed E-state index contributed by atoms with van der Waals surface area (Å²) in [6, 6.07) is 26.8. The van der Waals surface area contributed by atoms with E-state index in [2.05, 4.69) is 15.0 Å². The molecule has 0 fully saturated rings. The molecule has 4 aromatic rings. The van der Waals surface area contributed by atoms with E-state index in [0.29, 0.717) is 25.2 Å². The molecule has 2 amide bonds. The lowest BCUT2D eigenvalue weighted by Gasteiger charge is -2.38. The van der Waals surface area contributed by atoms with Gasteiger partial charge in [-0.05, 0) is 73.6 Å². The lowest BCUT2D eigenvalue weighted by Crippen LogP contribution is -2.49. The highest BCUT2D eigenvalue weighted by molar-refractivity contribution is 6.02. The quantitative estimate of drug-likeness (QED) is 0.167. The van der Waals surface area contributed by atoms with Gasteiger partial charge in [0.15, 0.2) is 5.75 Å². The van der Waals surface area contributed by atoms with Gasteiger partial charge in [0.2, 0.25) is 5.91 Å². The summed E-state index contributed by atoms with van der Waals surface area (Å²) in [5.74, 6) is 0.339. The maximum absolute atomic E-state index is 13.8. The minimum atomic E-state index is -4.82. The molecule has 0 saturated heterocycles. The Morgan fingerprint density at radius 2 is 1.60 bits per heavy atom.